The number of nitrogens with zero attached hydrogens (tertiary/aromatic N) is 1. The summed E-state index contributed by atoms with van der Waals surface area (Å²) in [5.41, 5.74) is 0.138. The SMILES string of the molecule is CC(C)(C)CC(=O)N1CCCC1C(=O)Nc1ccc(CC(=O)O)c(F)c1. The van der Waals surface area contributed by atoms with Crippen molar-refractivity contribution in [1.29, 1.82) is 0 Å². The molecule has 1 aliphatic heterocycles. The Morgan fingerprint density at radius 2 is 2.00 bits per heavy atom. The number of halogens is 1. The summed E-state index contributed by atoms with van der Waals surface area (Å²) in [6, 6.07) is 3.35. The number of carbonyl (C=O) groups excluding carboxylic acids is 2. The summed E-state index contributed by atoms with van der Waals surface area (Å²) in [6.07, 6.45) is 1.26. The Morgan fingerprint density at radius 1 is 1.31 bits per heavy atom. The van der Waals surface area contributed by atoms with E-state index < -0.39 is 24.2 Å². The first-order chi connectivity index (χ1) is 12.1. The number of nitrogens with one attached hydrogen (secondary N) is 1. The Bertz CT molecular complexity index is 712. The highest BCUT2D eigenvalue weighted by molar-refractivity contribution is 5.97. The van der Waals surface area contributed by atoms with Crippen LogP contribution in [0.25, 0.3) is 0 Å². The van der Waals surface area contributed by atoms with E-state index in [0.29, 0.717) is 19.4 Å². The van der Waals surface area contributed by atoms with E-state index in [-0.39, 0.29) is 28.5 Å². The van der Waals surface area contributed by atoms with Crippen molar-refractivity contribution in [2.75, 3.05) is 11.9 Å². The van der Waals surface area contributed by atoms with Crippen molar-refractivity contribution < 1.29 is 23.9 Å². The number of rotatable bonds is 5. The van der Waals surface area contributed by atoms with E-state index in [4.69, 9.17) is 5.11 Å². The molecule has 0 bridgehead atoms. The third kappa shape index (κ3) is 5.28. The van der Waals surface area contributed by atoms with Crippen LogP contribution in [-0.4, -0.2) is 40.4 Å². The van der Waals surface area contributed by atoms with Gasteiger partial charge in [-0.1, -0.05) is 26.8 Å². The van der Waals surface area contributed by atoms with Gasteiger partial charge in [-0.05, 0) is 36.0 Å². The van der Waals surface area contributed by atoms with Crippen molar-refractivity contribution in [3.05, 3.63) is 29.6 Å². The average Bonchev–Trinajstić information content (AvgIpc) is 2.97. The quantitative estimate of drug-likeness (QED) is 0.841. The van der Waals surface area contributed by atoms with Gasteiger partial charge in [0.2, 0.25) is 11.8 Å². The van der Waals surface area contributed by atoms with Gasteiger partial charge in [0.05, 0.1) is 6.42 Å². The van der Waals surface area contributed by atoms with Crippen LogP contribution < -0.4 is 5.32 Å². The van der Waals surface area contributed by atoms with Crippen molar-refractivity contribution in [2.45, 2.75) is 52.5 Å². The monoisotopic (exact) mass is 364 g/mol. The topological polar surface area (TPSA) is 86.7 Å². The van der Waals surface area contributed by atoms with Crippen molar-refractivity contribution in [3.8, 4) is 0 Å². The minimum atomic E-state index is -1.13. The van der Waals surface area contributed by atoms with Crippen LogP contribution in [-0.2, 0) is 20.8 Å². The molecule has 1 unspecified atom stereocenters. The molecule has 2 amide bonds. The fourth-order valence-corrected chi connectivity index (χ4v) is 3.05. The molecule has 2 N–H and O–H groups in total. The second kappa shape index (κ2) is 7.85. The van der Waals surface area contributed by atoms with Crippen molar-refractivity contribution in [2.24, 2.45) is 5.41 Å². The molecule has 0 aliphatic carbocycles. The zero-order chi connectivity index (χ0) is 19.5. The van der Waals surface area contributed by atoms with Crippen molar-refractivity contribution in [1.82, 2.24) is 4.90 Å². The van der Waals surface area contributed by atoms with Crippen LogP contribution in [0.5, 0.6) is 0 Å². The predicted molar refractivity (Wildman–Crippen MR) is 95.2 cm³/mol. The minimum Gasteiger partial charge on any atom is -0.481 e. The number of carbonyl (C=O) groups is 3. The van der Waals surface area contributed by atoms with E-state index in [1.54, 1.807) is 4.90 Å². The van der Waals surface area contributed by atoms with Gasteiger partial charge in [-0.3, -0.25) is 14.4 Å². The summed E-state index contributed by atoms with van der Waals surface area (Å²) in [4.78, 5) is 37.3. The zero-order valence-corrected chi connectivity index (χ0v) is 15.3. The van der Waals surface area contributed by atoms with Crippen LogP contribution in [0.15, 0.2) is 18.2 Å². The highest BCUT2D eigenvalue weighted by Gasteiger charge is 2.35. The molecule has 0 aromatic heterocycles. The van der Waals surface area contributed by atoms with Crippen LogP contribution >= 0.6 is 0 Å². The molecule has 1 aromatic rings. The van der Waals surface area contributed by atoms with Crippen LogP contribution in [0.4, 0.5) is 10.1 Å². The van der Waals surface area contributed by atoms with Crippen molar-refractivity contribution >= 4 is 23.5 Å². The Labute approximate surface area is 152 Å². The molecule has 1 atom stereocenters. The first-order valence-electron chi connectivity index (χ1n) is 8.67. The Balaban J connectivity index is 2.05. The number of aliphatic carboxylic acids is 1. The Morgan fingerprint density at radius 3 is 2.58 bits per heavy atom. The first-order valence-corrected chi connectivity index (χ1v) is 8.67. The summed E-state index contributed by atoms with van der Waals surface area (Å²) in [5, 5.41) is 11.4. The average molecular weight is 364 g/mol. The van der Waals surface area contributed by atoms with Gasteiger partial charge in [0.1, 0.15) is 11.9 Å². The molecule has 1 aliphatic rings. The van der Waals surface area contributed by atoms with Gasteiger partial charge >= 0.3 is 5.97 Å². The lowest BCUT2D eigenvalue weighted by atomic mass is 9.91. The third-order valence-electron chi connectivity index (χ3n) is 4.22. The van der Waals surface area contributed by atoms with E-state index in [2.05, 4.69) is 5.32 Å². The molecule has 6 nitrogen and oxygen atoms in total. The minimum absolute atomic E-state index is 0.0540. The maximum atomic E-state index is 13.9. The molecule has 0 spiro atoms. The summed E-state index contributed by atoms with van der Waals surface area (Å²) in [7, 11) is 0. The number of hydrogen-bond donors (Lipinski definition) is 2. The highest BCUT2D eigenvalue weighted by Crippen LogP contribution is 2.26. The van der Waals surface area contributed by atoms with Crippen LogP contribution in [0.3, 0.4) is 0 Å². The maximum Gasteiger partial charge on any atom is 0.307 e. The lowest BCUT2D eigenvalue weighted by Crippen LogP contribution is -2.44. The number of likely N-dealkylation sites (tertiary alicyclic amines) is 1. The van der Waals surface area contributed by atoms with Gasteiger partial charge in [-0.15, -0.1) is 0 Å². The molecule has 1 saturated heterocycles. The van der Waals surface area contributed by atoms with Gasteiger partial charge in [-0.2, -0.15) is 0 Å². The molecule has 142 valence electrons. The Hall–Kier alpha value is -2.44. The second-order valence-corrected chi connectivity index (χ2v) is 7.85. The highest BCUT2D eigenvalue weighted by atomic mass is 19.1. The van der Waals surface area contributed by atoms with E-state index >= 15 is 0 Å². The number of anilines is 1. The number of benzene rings is 1. The molecule has 1 aromatic carbocycles. The summed E-state index contributed by atoms with van der Waals surface area (Å²) >= 11 is 0. The van der Waals surface area contributed by atoms with Gasteiger partial charge < -0.3 is 15.3 Å². The van der Waals surface area contributed by atoms with Crippen LogP contribution in [0.2, 0.25) is 0 Å². The maximum absolute atomic E-state index is 13.9. The van der Waals surface area contributed by atoms with Gasteiger partial charge in [0.15, 0.2) is 0 Å². The van der Waals surface area contributed by atoms with E-state index in [9.17, 15) is 18.8 Å². The van der Waals surface area contributed by atoms with Crippen LogP contribution in [0.1, 0.15) is 45.6 Å². The summed E-state index contributed by atoms with van der Waals surface area (Å²) in [6.45, 7) is 6.45. The van der Waals surface area contributed by atoms with Gasteiger partial charge in [0, 0.05) is 18.7 Å². The summed E-state index contributed by atoms with van der Waals surface area (Å²) in [5.74, 6) is -2.22. The molecule has 7 heteroatoms. The van der Waals surface area contributed by atoms with Crippen LogP contribution in [0, 0.1) is 11.2 Å². The number of carboxylic acid groups (broad SMARTS) is 1. The smallest absolute Gasteiger partial charge is 0.307 e. The first kappa shape index (κ1) is 19.9. The molecule has 0 radical (unpaired) electrons. The van der Waals surface area contributed by atoms with Crippen molar-refractivity contribution in [3.63, 3.8) is 0 Å². The van der Waals surface area contributed by atoms with E-state index in [1.165, 1.54) is 12.1 Å². The molecule has 0 saturated carbocycles. The Kier molecular flexibility index (Phi) is 6.00. The van der Waals surface area contributed by atoms with E-state index in [0.717, 1.165) is 12.5 Å². The van der Waals surface area contributed by atoms with E-state index in [1.807, 2.05) is 20.8 Å². The molecule has 1 fully saturated rings. The predicted octanol–water partition coefficient (Wildman–Crippen LogP) is 2.82. The standard InChI is InChI=1S/C19H25FN2O4/c1-19(2,3)11-16(23)22-8-4-5-15(22)18(26)21-13-7-6-12(9-17(24)25)14(20)10-13/h6-7,10,15H,4-5,8-9,11H2,1-3H3,(H,21,26)(H,24,25). The largest absolute Gasteiger partial charge is 0.481 e. The number of hydrogen-bond acceptors (Lipinski definition) is 3. The molecule has 26 heavy (non-hydrogen) atoms. The normalized spacial score (nSPS) is 17.2. The third-order valence-corrected chi connectivity index (χ3v) is 4.22. The van der Waals surface area contributed by atoms with Gasteiger partial charge in [-0.25, -0.2) is 4.39 Å². The molecular weight excluding hydrogens is 339 g/mol. The fraction of sp³-hybridized carbons (Fsp3) is 0.526. The summed E-state index contributed by atoms with van der Waals surface area (Å²) < 4.78 is 13.9. The lowest BCUT2D eigenvalue weighted by molar-refractivity contribution is -0.138. The lowest BCUT2D eigenvalue weighted by Gasteiger charge is -2.27. The molecule has 1 heterocycles. The fourth-order valence-electron chi connectivity index (χ4n) is 3.05. The molecule has 2 rings (SSSR count). The zero-order valence-electron chi connectivity index (χ0n) is 15.3. The second-order valence-electron chi connectivity index (χ2n) is 7.85. The number of amides is 2. The molecular formula is C19H25FN2O4. The van der Waals surface area contributed by atoms with Gasteiger partial charge in [0.25, 0.3) is 0 Å². The number of carboxylic acids is 1.